The van der Waals surface area contributed by atoms with Gasteiger partial charge in [-0.05, 0) is 29.0 Å². The third kappa shape index (κ3) is 7.11. The lowest BCUT2D eigenvalue weighted by Crippen LogP contribution is -2.42. The molecule has 0 bridgehead atoms. The van der Waals surface area contributed by atoms with Crippen molar-refractivity contribution < 1.29 is 14.3 Å². The number of amides is 2. The monoisotopic (exact) mass is 306 g/mol. The number of carbonyl (C=O) groups is 2. The van der Waals surface area contributed by atoms with Gasteiger partial charge in [0.15, 0.2) is 0 Å². The first-order valence-corrected chi connectivity index (χ1v) is 7.50. The lowest BCUT2D eigenvalue weighted by Gasteiger charge is -2.18. The van der Waals surface area contributed by atoms with Gasteiger partial charge in [-0.3, -0.25) is 0 Å². The molecule has 0 atom stereocenters. The van der Waals surface area contributed by atoms with Crippen LogP contribution < -0.4 is 15.4 Å². The van der Waals surface area contributed by atoms with Gasteiger partial charge >= 0.3 is 12.0 Å². The van der Waals surface area contributed by atoms with Gasteiger partial charge in [0.1, 0.15) is 12.3 Å². The van der Waals surface area contributed by atoms with Crippen LogP contribution >= 0.6 is 0 Å². The summed E-state index contributed by atoms with van der Waals surface area (Å²) < 4.78 is 5.16. The summed E-state index contributed by atoms with van der Waals surface area (Å²) in [6.45, 7) is 10.6. The first-order valence-electron chi connectivity index (χ1n) is 7.50. The van der Waals surface area contributed by atoms with Gasteiger partial charge in [-0.15, -0.1) is 0 Å². The van der Waals surface area contributed by atoms with Crippen molar-refractivity contribution in [2.75, 3.05) is 13.1 Å². The highest BCUT2D eigenvalue weighted by Gasteiger charge is 2.13. The molecular formula is C17H26N2O3. The quantitative estimate of drug-likeness (QED) is 0.649. The van der Waals surface area contributed by atoms with E-state index in [-0.39, 0.29) is 18.0 Å². The summed E-state index contributed by atoms with van der Waals surface area (Å²) in [5.41, 5.74) is 1.18. The number of esters is 1. The number of benzene rings is 1. The van der Waals surface area contributed by atoms with Crippen LogP contribution in [0, 0.1) is 5.41 Å². The van der Waals surface area contributed by atoms with E-state index in [1.54, 1.807) is 12.1 Å². The highest BCUT2D eigenvalue weighted by molar-refractivity contribution is 5.81. The van der Waals surface area contributed by atoms with E-state index in [0.717, 1.165) is 0 Å². The molecule has 0 aliphatic carbocycles. The zero-order chi connectivity index (χ0) is 16.8. The van der Waals surface area contributed by atoms with Gasteiger partial charge in [0.25, 0.3) is 0 Å². The second kappa shape index (κ2) is 7.82. The number of rotatable bonds is 5. The Labute approximate surface area is 132 Å². The van der Waals surface area contributed by atoms with Gasteiger partial charge < -0.3 is 15.4 Å². The van der Waals surface area contributed by atoms with E-state index in [4.69, 9.17) is 4.74 Å². The lowest BCUT2D eigenvalue weighted by atomic mass is 9.97. The third-order valence-corrected chi connectivity index (χ3v) is 2.95. The van der Waals surface area contributed by atoms with E-state index in [2.05, 4.69) is 24.5 Å². The minimum atomic E-state index is -0.497. The van der Waals surface area contributed by atoms with Crippen molar-refractivity contribution in [3.63, 3.8) is 0 Å². The first-order chi connectivity index (χ1) is 10.2. The molecule has 0 fully saturated rings. The molecule has 0 heterocycles. The minimum Gasteiger partial charge on any atom is -0.425 e. The van der Waals surface area contributed by atoms with Crippen LogP contribution in [0.1, 0.15) is 46.1 Å². The zero-order valence-corrected chi connectivity index (χ0v) is 14.0. The summed E-state index contributed by atoms with van der Waals surface area (Å²) in [6.07, 6.45) is 0. The van der Waals surface area contributed by atoms with E-state index >= 15 is 0 Å². The molecule has 0 aliphatic rings. The van der Waals surface area contributed by atoms with E-state index in [0.29, 0.717) is 18.2 Å². The standard InChI is InChI=1S/C17H26N2O3/c1-12(2)13-6-8-14(9-7-13)22-15(20)10-18-16(21)19-11-17(3,4)5/h6-9,12H,10-11H2,1-5H3,(H2,18,19,21). The molecule has 1 aromatic carbocycles. The maximum Gasteiger partial charge on any atom is 0.330 e. The van der Waals surface area contributed by atoms with Gasteiger partial charge in [0, 0.05) is 6.54 Å². The number of hydrogen-bond acceptors (Lipinski definition) is 3. The molecule has 0 aliphatic heterocycles. The minimum absolute atomic E-state index is 0.00396. The summed E-state index contributed by atoms with van der Waals surface area (Å²) in [5, 5.41) is 5.18. The molecule has 0 radical (unpaired) electrons. The van der Waals surface area contributed by atoms with Crippen molar-refractivity contribution in [1.82, 2.24) is 10.6 Å². The SMILES string of the molecule is CC(C)c1ccc(OC(=O)CNC(=O)NCC(C)(C)C)cc1. The Morgan fingerprint density at radius 3 is 2.18 bits per heavy atom. The number of ether oxygens (including phenoxy) is 1. The molecule has 2 amide bonds. The Morgan fingerprint density at radius 2 is 1.68 bits per heavy atom. The molecule has 0 unspecified atom stereocenters. The average molecular weight is 306 g/mol. The fourth-order valence-corrected chi connectivity index (χ4v) is 1.65. The molecule has 2 N–H and O–H groups in total. The molecule has 22 heavy (non-hydrogen) atoms. The third-order valence-electron chi connectivity index (χ3n) is 2.95. The van der Waals surface area contributed by atoms with E-state index in [1.807, 2.05) is 32.9 Å². The Bertz CT molecular complexity index is 502. The predicted molar refractivity (Wildman–Crippen MR) is 87.0 cm³/mol. The van der Waals surface area contributed by atoms with Crippen LogP contribution in [0.4, 0.5) is 4.79 Å². The Morgan fingerprint density at radius 1 is 1.09 bits per heavy atom. The second-order valence-corrected chi connectivity index (χ2v) is 6.79. The van der Waals surface area contributed by atoms with Crippen molar-refractivity contribution in [3.8, 4) is 5.75 Å². The van der Waals surface area contributed by atoms with Crippen LogP contribution in [-0.2, 0) is 4.79 Å². The number of carbonyl (C=O) groups excluding carboxylic acids is 2. The van der Waals surface area contributed by atoms with Crippen molar-refractivity contribution >= 4 is 12.0 Å². The van der Waals surface area contributed by atoms with Gasteiger partial charge in [-0.1, -0.05) is 46.8 Å². The molecular weight excluding hydrogens is 280 g/mol. The Balaban J connectivity index is 2.35. The molecule has 0 aromatic heterocycles. The largest absolute Gasteiger partial charge is 0.425 e. The maximum atomic E-state index is 11.7. The van der Waals surface area contributed by atoms with Crippen molar-refractivity contribution in [2.24, 2.45) is 5.41 Å². The van der Waals surface area contributed by atoms with Crippen molar-refractivity contribution in [3.05, 3.63) is 29.8 Å². The summed E-state index contributed by atoms with van der Waals surface area (Å²) in [6, 6.07) is 7.00. The summed E-state index contributed by atoms with van der Waals surface area (Å²) in [5.74, 6) is 0.410. The molecule has 122 valence electrons. The molecule has 5 heteroatoms. The summed E-state index contributed by atoms with van der Waals surface area (Å²) in [7, 11) is 0. The van der Waals surface area contributed by atoms with E-state index < -0.39 is 5.97 Å². The van der Waals surface area contributed by atoms with Crippen LogP contribution in [-0.4, -0.2) is 25.1 Å². The van der Waals surface area contributed by atoms with E-state index in [1.165, 1.54) is 5.56 Å². The molecule has 0 spiro atoms. The highest BCUT2D eigenvalue weighted by atomic mass is 16.5. The molecule has 5 nitrogen and oxygen atoms in total. The van der Waals surface area contributed by atoms with E-state index in [9.17, 15) is 9.59 Å². The van der Waals surface area contributed by atoms with Gasteiger partial charge in [0.05, 0.1) is 0 Å². The first kappa shape index (κ1) is 18.0. The topological polar surface area (TPSA) is 67.4 Å². The molecule has 1 rings (SSSR count). The summed E-state index contributed by atoms with van der Waals surface area (Å²) >= 11 is 0. The molecule has 0 saturated carbocycles. The highest BCUT2D eigenvalue weighted by Crippen LogP contribution is 2.18. The van der Waals surface area contributed by atoms with Crippen LogP contribution in [0.5, 0.6) is 5.75 Å². The molecule has 0 saturated heterocycles. The van der Waals surface area contributed by atoms with Crippen molar-refractivity contribution in [2.45, 2.75) is 40.5 Å². The predicted octanol–water partition coefficient (Wildman–Crippen LogP) is 3.06. The summed E-state index contributed by atoms with van der Waals surface area (Å²) in [4.78, 5) is 23.2. The smallest absolute Gasteiger partial charge is 0.330 e. The average Bonchev–Trinajstić information content (AvgIpc) is 2.42. The van der Waals surface area contributed by atoms with Gasteiger partial charge in [-0.2, -0.15) is 0 Å². The number of nitrogens with one attached hydrogen (secondary N) is 2. The fraction of sp³-hybridized carbons (Fsp3) is 0.529. The fourth-order valence-electron chi connectivity index (χ4n) is 1.65. The Kier molecular flexibility index (Phi) is 6.40. The van der Waals surface area contributed by atoms with Crippen molar-refractivity contribution in [1.29, 1.82) is 0 Å². The number of urea groups is 1. The number of hydrogen-bond donors (Lipinski definition) is 2. The van der Waals surface area contributed by atoms with Crippen LogP contribution in [0.3, 0.4) is 0 Å². The van der Waals surface area contributed by atoms with Crippen LogP contribution in [0.2, 0.25) is 0 Å². The Hall–Kier alpha value is -2.04. The van der Waals surface area contributed by atoms with Gasteiger partial charge in [0.2, 0.25) is 0 Å². The maximum absolute atomic E-state index is 11.7. The van der Waals surface area contributed by atoms with Crippen LogP contribution in [0.25, 0.3) is 0 Å². The lowest BCUT2D eigenvalue weighted by molar-refractivity contribution is -0.133. The van der Waals surface area contributed by atoms with Gasteiger partial charge in [-0.25, -0.2) is 9.59 Å². The second-order valence-electron chi connectivity index (χ2n) is 6.79. The zero-order valence-electron chi connectivity index (χ0n) is 14.0. The van der Waals surface area contributed by atoms with Crippen LogP contribution in [0.15, 0.2) is 24.3 Å². The normalized spacial score (nSPS) is 11.2. The molecule has 1 aromatic rings.